The van der Waals surface area contributed by atoms with Crippen LogP contribution in [-0.2, 0) is 12.8 Å². The van der Waals surface area contributed by atoms with Crippen molar-refractivity contribution in [3.8, 4) is 0 Å². The molecule has 0 atom stereocenters. The fourth-order valence-corrected chi connectivity index (χ4v) is 3.43. The van der Waals surface area contributed by atoms with E-state index in [1.165, 1.54) is 15.9 Å². The number of Topliss-reactive ketones (excluding diaryl/α,β-unsaturated/α-hetero) is 1. The van der Waals surface area contributed by atoms with Gasteiger partial charge in [-0.25, -0.2) is 9.50 Å². The fourth-order valence-electron chi connectivity index (χ4n) is 2.62. The second kappa shape index (κ2) is 5.53. The van der Waals surface area contributed by atoms with Crippen molar-refractivity contribution in [1.29, 1.82) is 0 Å². The topological polar surface area (TPSA) is 67.2 Å². The Bertz CT molecular complexity index is 917. The smallest absolute Gasteiger partial charge is 0.272 e. The van der Waals surface area contributed by atoms with Crippen LogP contribution in [0.15, 0.2) is 22.3 Å². The number of H-pyrrole nitrogens is 1. The van der Waals surface area contributed by atoms with Gasteiger partial charge in [-0.05, 0) is 37.3 Å². The number of fused-ring (bicyclic) bond motifs is 1. The van der Waals surface area contributed by atoms with Crippen LogP contribution < -0.4 is 5.56 Å². The van der Waals surface area contributed by atoms with Crippen LogP contribution in [0.1, 0.15) is 46.0 Å². The minimum atomic E-state index is -0.107. The van der Waals surface area contributed by atoms with E-state index >= 15 is 0 Å². The lowest BCUT2D eigenvalue weighted by Gasteiger charge is -2.00. The summed E-state index contributed by atoms with van der Waals surface area (Å²) in [7, 11) is 0. The number of carbonyl (C=O) groups is 1. The van der Waals surface area contributed by atoms with Crippen molar-refractivity contribution >= 4 is 22.8 Å². The summed E-state index contributed by atoms with van der Waals surface area (Å²) in [6.45, 7) is 5.56. The molecule has 0 fully saturated rings. The van der Waals surface area contributed by atoms with Gasteiger partial charge in [-0.1, -0.05) is 6.92 Å². The summed E-state index contributed by atoms with van der Waals surface area (Å²) in [5, 5.41) is 5.00. The van der Waals surface area contributed by atoms with Crippen LogP contribution in [0.2, 0.25) is 0 Å². The van der Waals surface area contributed by atoms with Gasteiger partial charge in [0, 0.05) is 23.7 Å². The molecule has 22 heavy (non-hydrogen) atoms. The van der Waals surface area contributed by atoms with Crippen LogP contribution in [0.3, 0.4) is 0 Å². The molecule has 0 radical (unpaired) electrons. The number of carbonyl (C=O) groups excluding carboxylic acids is 1. The van der Waals surface area contributed by atoms with Crippen LogP contribution in [0.25, 0.3) is 5.65 Å². The molecular weight excluding hydrogens is 298 g/mol. The molecule has 0 saturated carbocycles. The largest absolute Gasteiger partial charge is 0.294 e. The molecule has 3 aromatic rings. The Kier molecular flexibility index (Phi) is 3.70. The summed E-state index contributed by atoms with van der Waals surface area (Å²) in [5.41, 5.74) is 4.37. The van der Waals surface area contributed by atoms with Gasteiger partial charge < -0.3 is 0 Å². The van der Waals surface area contributed by atoms with Crippen molar-refractivity contribution in [2.75, 3.05) is 0 Å². The summed E-state index contributed by atoms with van der Waals surface area (Å²) in [6.07, 6.45) is 1.38. The second-order valence-corrected chi connectivity index (χ2v) is 6.28. The summed E-state index contributed by atoms with van der Waals surface area (Å²) >= 11 is 1.43. The first kappa shape index (κ1) is 14.7. The van der Waals surface area contributed by atoms with Crippen LogP contribution >= 0.6 is 11.3 Å². The highest BCUT2D eigenvalue weighted by Crippen LogP contribution is 2.19. The van der Waals surface area contributed by atoms with E-state index in [9.17, 15) is 9.59 Å². The van der Waals surface area contributed by atoms with E-state index in [0.29, 0.717) is 12.1 Å². The molecule has 3 heterocycles. The van der Waals surface area contributed by atoms with E-state index in [4.69, 9.17) is 0 Å². The molecular formula is C16H17N3O2S. The van der Waals surface area contributed by atoms with E-state index in [2.05, 4.69) is 10.1 Å². The van der Waals surface area contributed by atoms with E-state index in [-0.39, 0.29) is 11.3 Å². The third-order valence-corrected chi connectivity index (χ3v) is 4.79. The number of hydrogen-bond acceptors (Lipinski definition) is 4. The van der Waals surface area contributed by atoms with Gasteiger partial charge in [-0.2, -0.15) is 0 Å². The van der Waals surface area contributed by atoms with Gasteiger partial charge in [0.15, 0.2) is 11.4 Å². The molecule has 0 aliphatic carbocycles. The first-order valence-corrected chi connectivity index (χ1v) is 8.06. The number of nitrogens with zero attached hydrogens (tertiary/aromatic N) is 2. The van der Waals surface area contributed by atoms with E-state index < -0.39 is 0 Å². The Morgan fingerprint density at radius 2 is 2.18 bits per heavy atom. The van der Waals surface area contributed by atoms with Gasteiger partial charge in [0.1, 0.15) is 0 Å². The number of thiophene rings is 1. The number of rotatable bonds is 4. The first-order valence-electron chi connectivity index (χ1n) is 7.18. The SMILES string of the molecule is CCc1c(C)[nH]n2c(=O)cc(Cc3csc(C(C)=O)c3)nc12. The summed E-state index contributed by atoms with van der Waals surface area (Å²) in [4.78, 5) is 29.0. The van der Waals surface area contributed by atoms with E-state index in [1.807, 2.05) is 25.3 Å². The van der Waals surface area contributed by atoms with Crippen LogP contribution in [-0.4, -0.2) is 20.4 Å². The summed E-state index contributed by atoms with van der Waals surface area (Å²) in [5.74, 6) is 0.0641. The van der Waals surface area contributed by atoms with Gasteiger partial charge in [-0.15, -0.1) is 11.3 Å². The Morgan fingerprint density at radius 1 is 1.41 bits per heavy atom. The lowest BCUT2D eigenvalue weighted by atomic mass is 10.1. The highest BCUT2D eigenvalue weighted by molar-refractivity contribution is 7.12. The van der Waals surface area contributed by atoms with Gasteiger partial charge in [0.25, 0.3) is 5.56 Å². The minimum Gasteiger partial charge on any atom is -0.294 e. The van der Waals surface area contributed by atoms with Crippen LogP contribution in [0.4, 0.5) is 0 Å². The first-order chi connectivity index (χ1) is 10.5. The average molecular weight is 315 g/mol. The standard InChI is InChI=1S/C16H17N3O2S/c1-4-13-9(2)18-19-15(21)7-12(17-16(13)19)5-11-6-14(10(3)20)22-8-11/h6-8,18H,4-5H2,1-3H3. The molecule has 0 saturated heterocycles. The molecule has 1 N–H and O–H groups in total. The Hall–Kier alpha value is -2.21. The molecule has 0 aromatic carbocycles. The number of nitrogens with one attached hydrogen (secondary N) is 1. The predicted octanol–water partition coefficient (Wildman–Crippen LogP) is 2.75. The maximum atomic E-state index is 12.2. The normalized spacial score (nSPS) is 11.2. The number of hydrogen-bond donors (Lipinski definition) is 1. The molecule has 0 aliphatic rings. The predicted molar refractivity (Wildman–Crippen MR) is 87.1 cm³/mol. The maximum absolute atomic E-state index is 12.2. The quantitative estimate of drug-likeness (QED) is 0.753. The number of ketones is 1. The molecule has 6 heteroatoms. The molecule has 0 aliphatic heterocycles. The monoisotopic (exact) mass is 315 g/mol. The third-order valence-electron chi connectivity index (χ3n) is 3.71. The molecule has 114 valence electrons. The lowest BCUT2D eigenvalue weighted by molar-refractivity contribution is 0.102. The average Bonchev–Trinajstić information content (AvgIpc) is 3.03. The van der Waals surface area contributed by atoms with Crippen molar-refractivity contribution < 1.29 is 4.79 Å². The van der Waals surface area contributed by atoms with Crippen molar-refractivity contribution in [3.63, 3.8) is 0 Å². The van der Waals surface area contributed by atoms with Crippen LogP contribution in [0.5, 0.6) is 0 Å². The molecule has 0 unspecified atom stereocenters. The summed E-state index contributed by atoms with van der Waals surface area (Å²) < 4.78 is 1.49. The third kappa shape index (κ3) is 2.50. The number of aromatic nitrogens is 3. The highest BCUT2D eigenvalue weighted by atomic mass is 32.1. The number of aromatic amines is 1. The van der Waals surface area contributed by atoms with Gasteiger partial charge in [-0.3, -0.25) is 14.7 Å². The second-order valence-electron chi connectivity index (χ2n) is 5.37. The van der Waals surface area contributed by atoms with Crippen molar-refractivity contribution in [3.05, 3.63) is 55.3 Å². The molecule has 0 spiro atoms. The van der Waals surface area contributed by atoms with Crippen LogP contribution in [0, 0.1) is 6.92 Å². The van der Waals surface area contributed by atoms with Crippen molar-refractivity contribution in [2.24, 2.45) is 0 Å². The molecule has 3 rings (SSSR count). The number of aryl methyl sites for hydroxylation is 2. The minimum absolute atomic E-state index is 0.0641. The van der Waals surface area contributed by atoms with Crippen molar-refractivity contribution in [1.82, 2.24) is 14.6 Å². The zero-order valence-corrected chi connectivity index (χ0v) is 13.6. The Morgan fingerprint density at radius 3 is 2.82 bits per heavy atom. The van der Waals surface area contributed by atoms with E-state index in [0.717, 1.165) is 33.8 Å². The zero-order chi connectivity index (χ0) is 15.9. The fraction of sp³-hybridized carbons (Fsp3) is 0.312. The maximum Gasteiger partial charge on any atom is 0.272 e. The Balaban J connectivity index is 2.03. The van der Waals surface area contributed by atoms with Crippen molar-refractivity contribution in [2.45, 2.75) is 33.6 Å². The molecule has 0 amide bonds. The Labute approximate surface area is 131 Å². The van der Waals surface area contributed by atoms with Gasteiger partial charge >= 0.3 is 0 Å². The van der Waals surface area contributed by atoms with Gasteiger partial charge in [0.05, 0.1) is 10.6 Å². The molecule has 0 bridgehead atoms. The molecule has 3 aromatic heterocycles. The zero-order valence-electron chi connectivity index (χ0n) is 12.8. The summed E-state index contributed by atoms with van der Waals surface area (Å²) in [6, 6.07) is 3.42. The molecule has 5 nitrogen and oxygen atoms in total. The van der Waals surface area contributed by atoms with Gasteiger partial charge in [0.2, 0.25) is 0 Å². The lowest BCUT2D eigenvalue weighted by Crippen LogP contribution is -2.16. The highest BCUT2D eigenvalue weighted by Gasteiger charge is 2.12. The van der Waals surface area contributed by atoms with E-state index in [1.54, 1.807) is 13.0 Å².